The van der Waals surface area contributed by atoms with E-state index in [4.69, 9.17) is 0 Å². The molecule has 0 aromatic rings. The average molecular weight is 392 g/mol. The first-order chi connectivity index (χ1) is 13.8. The van der Waals surface area contributed by atoms with Crippen molar-refractivity contribution in [2.45, 2.75) is 130 Å². The number of hydrogen-bond donors (Lipinski definition) is 0. The Morgan fingerprint density at radius 2 is 0.750 bits per heavy atom. The fourth-order valence-corrected chi connectivity index (χ4v) is 3.61. The van der Waals surface area contributed by atoms with E-state index in [-0.39, 0.29) is 0 Å². The number of hydrogen-bond acceptors (Lipinski definition) is 1. The Labute approximate surface area is 179 Å². The Balaban J connectivity index is 3.95. The normalized spacial score (nSPS) is 12.1. The Bertz CT molecular complexity index is 307. The molecule has 0 heterocycles. The van der Waals surface area contributed by atoms with E-state index in [9.17, 15) is 0 Å². The average Bonchev–Trinajstić information content (AvgIpc) is 2.71. The van der Waals surface area contributed by atoms with Crippen molar-refractivity contribution in [3.8, 4) is 0 Å². The minimum absolute atomic E-state index is 1.26. The summed E-state index contributed by atoms with van der Waals surface area (Å²) < 4.78 is 0. The summed E-state index contributed by atoms with van der Waals surface area (Å²) in [6.07, 6.45) is 32.5. The fourth-order valence-electron chi connectivity index (χ4n) is 3.61. The van der Waals surface area contributed by atoms with Crippen LogP contribution in [0.15, 0.2) is 24.3 Å². The molecular weight excluding hydrogens is 338 g/mol. The lowest BCUT2D eigenvalue weighted by molar-refractivity contribution is 0.261. The minimum atomic E-state index is 1.26. The Morgan fingerprint density at radius 1 is 0.393 bits per heavy atom. The SMILES string of the molecule is CCCC/C=C/CCCN(CCC/C=C/CCCC)CCCCCCCCC. The highest BCUT2D eigenvalue weighted by atomic mass is 15.1. The van der Waals surface area contributed by atoms with Crippen LogP contribution >= 0.6 is 0 Å². The second-order valence-corrected chi connectivity index (χ2v) is 8.47. The molecule has 1 heteroatoms. The summed E-state index contributed by atoms with van der Waals surface area (Å²) in [4.78, 5) is 2.74. The molecule has 1 nitrogen and oxygen atoms in total. The standard InChI is InChI=1S/C27H53N/c1-4-7-10-13-16-19-22-25-28(26-23-20-17-14-11-8-5-2)27-24-21-18-15-12-9-6-3/h13-14,16-17H,4-12,15,18-27H2,1-3H3/b16-13+,17-14+. The van der Waals surface area contributed by atoms with Gasteiger partial charge in [-0.25, -0.2) is 0 Å². The molecule has 0 fully saturated rings. The van der Waals surface area contributed by atoms with Gasteiger partial charge in [-0.3, -0.25) is 0 Å². The van der Waals surface area contributed by atoms with Crippen molar-refractivity contribution in [2.75, 3.05) is 19.6 Å². The highest BCUT2D eigenvalue weighted by Gasteiger charge is 2.04. The number of nitrogens with zero attached hydrogens (tertiary/aromatic N) is 1. The molecule has 0 saturated carbocycles. The van der Waals surface area contributed by atoms with E-state index in [2.05, 4.69) is 50.0 Å². The monoisotopic (exact) mass is 391 g/mol. The van der Waals surface area contributed by atoms with Gasteiger partial charge in [0.2, 0.25) is 0 Å². The van der Waals surface area contributed by atoms with Gasteiger partial charge in [0.15, 0.2) is 0 Å². The van der Waals surface area contributed by atoms with Gasteiger partial charge in [-0.1, -0.05) is 109 Å². The Hall–Kier alpha value is -0.560. The molecule has 0 radical (unpaired) electrons. The molecule has 0 N–H and O–H groups in total. The second kappa shape index (κ2) is 24.5. The summed E-state index contributed by atoms with van der Waals surface area (Å²) in [7, 11) is 0. The summed E-state index contributed by atoms with van der Waals surface area (Å²) in [5.41, 5.74) is 0. The van der Waals surface area contributed by atoms with Crippen molar-refractivity contribution < 1.29 is 0 Å². The minimum Gasteiger partial charge on any atom is -0.303 e. The van der Waals surface area contributed by atoms with E-state index < -0.39 is 0 Å². The van der Waals surface area contributed by atoms with Gasteiger partial charge >= 0.3 is 0 Å². The van der Waals surface area contributed by atoms with Crippen LogP contribution in [0.4, 0.5) is 0 Å². The van der Waals surface area contributed by atoms with Gasteiger partial charge in [-0.2, -0.15) is 0 Å². The molecule has 0 atom stereocenters. The zero-order valence-corrected chi connectivity index (χ0v) is 19.9. The summed E-state index contributed by atoms with van der Waals surface area (Å²) in [5.74, 6) is 0. The van der Waals surface area contributed by atoms with Gasteiger partial charge < -0.3 is 4.90 Å². The van der Waals surface area contributed by atoms with Crippen molar-refractivity contribution in [2.24, 2.45) is 0 Å². The van der Waals surface area contributed by atoms with Gasteiger partial charge in [0.05, 0.1) is 0 Å². The van der Waals surface area contributed by atoms with Crippen LogP contribution in [0.1, 0.15) is 130 Å². The molecule has 0 aromatic heterocycles. The number of rotatable bonds is 22. The largest absolute Gasteiger partial charge is 0.303 e. The molecule has 28 heavy (non-hydrogen) atoms. The van der Waals surface area contributed by atoms with Crippen LogP contribution in [0.3, 0.4) is 0 Å². The molecule has 0 bridgehead atoms. The van der Waals surface area contributed by atoms with Crippen molar-refractivity contribution in [3.63, 3.8) is 0 Å². The topological polar surface area (TPSA) is 3.24 Å². The second-order valence-electron chi connectivity index (χ2n) is 8.47. The zero-order valence-electron chi connectivity index (χ0n) is 19.9. The number of unbranched alkanes of at least 4 members (excludes halogenated alkanes) is 12. The molecule has 0 aliphatic rings. The van der Waals surface area contributed by atoms with Crippen molar-refractivity contribution >= 4 is 0 Å². The van der Waals surface area contributed by atoms with Crippen LogP contribution in [0.25, 0.3) is 0 Å². The van der Waals surface area contributed by atoms with Crippen molar-refractivity contribution in [3.05, 3.63) is 24.3 Å². The first-order valence-electron chi connectivity index (χ1n) is 12.9. The van der Waals surface area contributed by atoms with E-state index in [0.717, 1.165) is 0 Å². The smallest absolute Gasteiger partial charge is 0.00158 e. The molecule has 0 aromatic carbocycles. The molecule has 0 unspecified atom stereocenters. The summed E-state index contributed by atoms with van der Waals surface area (Å²) >= 11 is 0. The van der Waals surface area contributed by atoms with E-state index in [1.165, 1.54) is 129 Å². The van der Waals surface area contributed by atoms with Crippen molar-refractivity contribution in [1.29, 1.82) is 0 Å². The summed E-state index contributed by atoms with van der Waals surface area (Å²) in [6, 6.07) is 0. The van der Waals surface area contributed by atoms with Crippen molar-refractivity contribution in [1.82, 2.24) is 4.90 Å². The maximum absolute atomic E-state index is 2.74. The lowest BCUT2D eigenvalue weighted by atomic mass is 10.1. The first-order valence-corrected chi connectivity index (χ1v) is 12.9. The lowest BCUT2D eigenvalue weighted by Gasteiger charge is -2.22. The third-order valence-electron chi connectivity index (χ3n) is 5.55. The number of allylic oxidation sites excluding steroid dienone is 4. The third-order valence-corrected chi connectivity index (χ3v) is 5.55. The van der Waals surface area contributed by atoms with E-state index in [1.807, 2.05) is 0 Å². The van der Waals surface area contributed by atoms with E-state index in [1.54, 1.807) is 0 Å². The molecule has 0 rings (SSSR count). The van der Waals surface area contributed by atoms with Gasteiger partial charge in [0.1, 0.15) is 0 Å². The van der Waals surface area contributed by atoms with E-state index >= 15 is 0 Å². The van der Waals surface area contributed by atoms with Crippen LogP contribution in [0.2, 0.25) is 0 Å². The molecular formula is C27H53N. The van der Waals surface area contributed by atoms with E-state index in [0.29, 0.717) is 0 Å². The van der Waals surface area contributed by atoms with Crippen LogP contribution in [0, 0.1) is 0 Å². The first kappa shape index (κ1) is 27.4. The predicted molar refractivity (Wildman–Crippen MR) is 130 cm³/mol. The van der Waals surface area contributed by atoms with Crippen LogP contribution in [-0.4, -0.2) is 24.5 Å². The van der Waals surface area contributed by atoms with Crippen LogP contribution in [-0.2, 0) is 0 Å². The van der Waals surface area contributed by atoms with Crippen LogP contribution < -0.4 is 0 Å². The zero-order chi connectivity index (χ0) is 20.5. The highest BCUT2D eigenvalue weighted by Crippen LogP contribution is 2.09. The maximum Gasteiger partial charge on any atom is -0.00158 e. The highest BCUT2D eigenvalue weighted by molar-refractivity contribution is 4.83. The summed E-state index contributed by atoms with van der Waals surface area (Å²) in [6.45, 7) is 10.7. The maximum atomic E-state index is 2.74. The molecule has 0 aliphatic carbocycles. The molecule has 0 saturated heterocycles. The van der Waals surface area contributed by atoms with Crippen LogP contribution in [0.5, 0.6) is 0 Å². The third kappa shape index (κ3) is 21.7. The van der Waals surface area contributed by atoms with Gasteiger partial charge in [-0.15, -0.1) is 0 Å². The quantitative estimate of drug-likeness (QED) is 0.131. The van der Waals surface area contributed by atoms with Gasteiger partial charge in [-0.05, 0) is 64.6 Å². The van der Waals surface area contributed by atoms with Gasteiger partial charge in [0, 0.05) is 0 Å². The molecule has 0 aliphatic heterocycles. The van der Waals surface area contributed by atoms with Gasteiger partial charge in [0.25, 0.3) is 0 Å². The molecule has 166 valence electrons. The molecule has 0 spiro atoms. The Morgan fingerprint density at radius 3 is 1.21 bits per heavy atom. The predicted octanol–water partition coefficient (Wildman–Crippen LogP) is 9.09. The lowest BCUT2D eigenvalue weighted by Crippen LogP contribution is -2.27. The summed E-state index contributed by atoms with van der Waals surface area (Å²) in [5, 5.41) is 0. The fraction of sp³-hybridized carbons (Fsp3) is 0.852. The molecule has 0 amide bonds. The Kier molecular flexibility index (Phi) is 24.0.